The lowest BCUT2D eigenvalue weighted by molar-refractivity contribution is -0.141. The van der Waals surface area contributed by atoms with E-state index in [-0.39, 0.29) is 24.3 Å². The van der Waals surface area contributed by atoms with Gasteiger partial charge in [-0.25, -0.2) is 0 Å². The lowest BCUT2D eigenvalue weighted by Gasteiger charge is -2.20. The van der Waals surface area contributed by atoms with Gasteiger partial charge in [-0.2, -0.15) is 0 Å². The number of hydrogen-bond acceptors (Lipinski definition) is 4. The Kier molecular flexibility index (Phi) is 6.84. The highest BCUT2D eigenvalue weighted by Crippen LogP contribution is 2.27. The van der Waals surface area contributed by atoms with Gasteiger partial charge in [-0.05, 0) is 42.2 Å². The van der Waals surface area contributed by atoms with E-state index in [1.807, 2.05) is 54.6 Å². The molecule has 1 saturated carbocycles. The predicted molar refractivity (Wildman–Crippen MR) is 108 cm³/mol. The topological polar surface area (TPSA) is 55.8 Å². The molecule has 0 heterocycles. The number of amides is 1. The number of carbonyl (C=O) groups excluding carboxylic acids is 2. The zero-order valence-corrected chi connectivity index (χ0v) is 16.0. The van der Waals surface area contributed by atoms with Crippen LogP contribution in [-0.2, 0) is 20.9 Å². The Balaban J connectivity index is 1.52. The van der Waals surface area contributed by atoms with E-state index in [4.69, 9.17) is 4.74 Å². The molecule has 146 valence electrons. The van der Waals surface area contributed by atoms with Gasteiger partial charge in [0.1, 0.15) is 12.4 Å². The zero-order chi connectivity index (χ0) is 19.8. The summed E-state index contributed by atoms with van der Waals surface area (Å²) < 4.78 is 10.4. The lowest BCUT2D eigenvalue weighted by atomic mass is 10.2. The fourth-order valence-electron chi connectivity index (χ4n) is 2.85. The average molecular weight is 379 g/mol. The van der Waals surface area contributed by atoms with E-state index in [2.05, 4.69) is 4.74 Å². The van der Waals surface area contributed by atoms with E-state index in [0.717, 1.165) is 29.7 Å². The van der Waals surface area contributed by atoms with Crippen LogP contribution in [0, 0.1) is 0 Å². The molecule has 0 spiro atoms. The maximum absolute atomic E-state index is 12.5. The molecule has 5 heteroatoms. The monoisotopic (exact) mass is 379 g/mol. The lowest BCUT2D eigenvalue weighted by Crippen LogP contribution is -2.33. The van der Waals surface area contributed by atoms with Crippen molar-refractivity contribution in [2.45, 2.75) is 31.9 Å². The molecule has 0 aliphatic heterocycles. The molecule has 3 rings (SSSR count). The maximum Gasteiger partial charge on any atom is 0.307 e. The van der Waals surface area contributed by atoms with Crippen molar-refractivity contribution in [3.8, 4) is 5.75 Å². The molecule has 2 aromatic carbocycles. The Morgan fingerprint density at radius 1 is 1.07 bits per heavy atom. The highest BCUT2D eigenvalue weighted by atomic mass is 16.5. The van der Waals surface area contributed by atoms with Gasteiger partial charge < -0.3 is 14.4 Å². The van der Waals surface area contributed by atoms with Crippen LogP contribution in [-0.4, -0.2) is 36.5 Å². The Bertz CT molecular complexity index is 810. The first-order chi connectivity index (χ1) is 13.7. The molecule has 5 nitrogen and oxygen atoms in total. The number of benzene rings is 2. The minimum Gasteiger partial charge on any atom is -0.489 e. The van der Waals surface area contributed by atoms with Gasteiger partial charge >= 0.3 is 5.97 Å². The number of ether oxygens (including phenoxy) is 2. The van der Waals surface area contributed by atoms with Crippen molar-refractivity contribution in [3.63, 3.8) is 0 Å². The summed E-state index contributed by atoms with van der Waals surface area (Å²) in [6, 6.07) is 17.9. The zero-order valence-electron chi connectivity index (χ0n) is 16.0. The summed E-state index contributed by atoms with van der Waals surface area (Å²) in [7, 11) is 1.36. The van der Waals surface area contributed by atoms with Crippen LogP contribution in [0.2, 0.25) is 0 Å². The first-order valence-corrected chi connectivity index (χ1v) is 9.48. The van der Waals surface area contributed by atoms with Gasteiger partial charge in [0, 0.05) is 18.7 Å². The van der Waals surface area contributed by atoms with Gasteiger partial charge in [-0.15, -0.1) is 0 Å². The van der Waals surface area contributed by atoms with Crippen molar-refractivity contribution in [1.82, 2.24) is 4.90 Å². The van der Waals surface area contributed by atoms with Gasteiger partial charge in [0.15, 0.2) is 0 Å². The molecule has 0 atom stereocenters. The minimum absolute atomic E-state index is 0.0733. The van der Waals surface area contributed by atoms with Crippen LogP contribution >= 0.6 is 0 Å². The van der Waals surface area contributed by atoms with E-state index >= 15 is 0 Å². The largest absolute Gasteiger partial charge is 0.489 e. The first-order valence-electron chi connectivity index (χ1n) is 9.48. The Hall–Kier alpha value is -3.08. The molecule has 1 amide bonds. The summed E-state index contributed by atoms with van der Waals surface area (Å²) in [4.78, 5) is 25.6. The summed E-state index contributed by atoms with van der Waals surface area (Å²) in [6.07, 6.45) is 5.56. The molecule has 1 fully saturated rings. The van der Waals surface area contributed by atoms with E-state index in [1.165, 1.54) is 7.11 Å². The molecule has 0 saturated heterocycles. The number of rotatable bonds is 9. The fraction of sp³-hybridized carbons (Fsp3) is 0.304. The van der Waals surface area contributed by atoms with Gasteiger partial charge in [-0.3, -0.25) is 9.59 Å². The third kappa shape index (κ3) is 5.98. The second-order valence-electron chi connectivity index (χ2n) is 6.77. The molecule has 1 aliphatic rings. The Morgan fingerprint density at radius 3 is 2.43 bits per heavy atom. The molecule has 28 heavy (non-hydrogen) atoms. The number of nitrogens with zero attached hydrogens (tertiary/aromatic N) is 1. The van der Waals surface area contributed by atoms with Gasteiger partial charge in [0.05, 0.1) is 13.5 Å². The van der Waals surface area contributed by atoms with Gasteiger partial charge in [0.25, 0.3) is 0 Å². The number of methoxy groups -OCH3 is 1. The smallest absolute Gasteiger partial charge is 0.307 e. The highest BCUT2D eigenvalue weighted by Gasteiger charge is 2.31. The van der Waals surface area contributed by atoms with Crippen molar-refractivity contribution in [2.75, 3.05) is 13.7 Å². The van der Waals surface area contributed by atoms with E-state index < -0.39 is 0 Å². The maximum atomic E-state index is 12.5. The third-order valence-corrected chi connectivity index (χ3v) is 4.60. The number of esters is 1. The van der Waals surface area contributed by atoms with Gasteiger partial charge in [0.2, 0.25) is 5.91 Å². The SMILES string of the molecule is COC(=O)CCN(C(=O)/C=C/c1ccc(OCc2ccccc2)cc1)C1CC1. The molecule has 2 aromatic rings. The van der Waals surface area contributed by atoms with E-state index in [0.29, 0.717) is 13.2 Å². The number of hydrogen-bond donors (Lipinski definition) is 0. The summed E-state index contributed by atoms with van der Waals surface area (Å²) in [5.74, 6) is 0.411. The van der Waals surface area contributed by atoms with Crippen molar-refractivity contribution < 1.29 is 19.1 Å². The molecule has 0 unspecified atom stereocenters. The van der Waals surface area contributed by atoms with E-state index in [1.54, 1.807) is 17.1 Å². The van der Waals surface area contributed by atoms with Crippen LogP contribution in [0.25, 0.3) is 6.08 Å². The van der Waals surface area contributed by atoms with Crippen LogP contribution in [0.4, 0.5) is 0 Å². The third-order valence-electron chi connectivity index (χ3n) is 4.60. The molecule has 0 N–H and O–H groups in total. The molecule has 0 bridgehead atoms. The summed E-state index contributed by atoms with van der Waals surface area (Å²) >= 11 is 0. The fourth-order valence-corrected chi connectivity index (χ4v) is 2.85. The summed E-state index contributed by atoms with van der Waals surface area (Å²) in [6.45, 7) is 0.915. The number of carbonyl (C=O) groups is 2. The molecule has 1 aliphatic carbocycles. The van der Waals surface area contributed by atoms with Crippen molar-refractivity contribution >= 4 is 18.0 Å². The summed E-state index contributed by atoms with van der Waals surface area (Å²) in [5, 5.41) is 0. The van der Waals surface area contributed by atoms with E-state index in [9.17, 15) is 9.59 Å². The molecule has 0 aromatic heterocycles. The standard InChI is InChI=1S/C23H25NO4/c1-27-23(26)15-16-24(20-10-11-20)22(25)14-9-18-7-12-21(13-8-18)28-17-19-5-3-2-4-6-19/h2-9,12-14,20H,10-11,15-17H2,1H3/b14-9+. The summed E-state index contributed by atoms with van der Waals surface area (Å²) in [5.41, 5.74) is 2.04. The van der Waals surface area contributed by atoms with Crippen LogP contribution < -0.4 is 4.74 Å². The van der Waals surface area contributed by atoms with Crippen LogP contribution in [0.5, 0.6) is 5.75 Å². The van der Waals surface area contributed by atoms with Crippen LogP contribution in [0.1, 0.15) is 30.4 Å². The molecular weight excluding hydrogens is 354 g/mol. The Labute approximate surface area is 165 Å². The second-order valence-corrected chi connectivity index (χ2v) is 6.77. The Morgan fingerprint density at radius 2 is 1.79 bits per heavy atom. The van der Waals surface area contributed by atoms with Crippen molar-refractivity contribution in [2.24, 2.45) is 0 Å². The molecular formula is C23H25NO4. The van der Waals surface area contributed by atoms with Crippen molar-refractivity contribution in [3.05, 3.63) is 71.8 Å². The normalized spacial score (nSPS) is 13.3. The minimum atomic E-state index is -0.298. The first kappa shape index (κ1) is 19.7. The van der Waals surface area contributed by atoms with Crippen molar-refractivity contribution in [1.29, 1.82) is 0 Å². The quantitative estimate of drug-likeness (QED) is 0.491. The van der Waals surface area contributed by atoms with Gasteiger partial charge in [-0.1, -0.05) is 42.5 Å². The van der Waals surface area contributed by atoms with Crippen LogP contribution in [0.3, 0.4) is 0 Å². The second kappa shape index (κ2) is 9.74. The predicted octanol–water partition coefficient (Wildman–Crippen LogP) is 3.83. The van der Waals surface area contributed by atoms with Crippen LogP contribution in [0.15, 0.2) is 60.7 Å². The molecule has 0 radical (unpaired) electrons. The average Bonchev–Trinajstić information content (AvgIpc) is 3.57. The highest BCUT2D eigenvalue weighted by molar-refractivity contribution is 5.92.